The average molecular weight is 187 g/mol. The predicted octanol–water partition coefficient (Wildman–Crippen LogP) is 0.940. The molecule has 0 aromatic heterocycles. The average Bonchev–Trinajstić information content (AvgIpc) is 1.93. The molecule has 0 radical (unpaired) electrons. The summed E-state index contributed by atoms with van der Waals surface area (Å²) in [5, 5.41) is 5.13. The molecule has 1 rings (SSSR count). The third kappa shape index (κ3) is 1.32. The highest BCUT2D eigenvalue weighted by molar-refractivity contribution is 7.90. The van der Waals surface area contributed by atoms with Crippen LogP contribution in [0.3, 0.4) is 0 Å². The Hall–Kier alpha value is -0.610. The zero-order valence-electron chi connectivity index (χ0n) is 7.24. The molecule has 0 aromatic rings. The number of sulfonamides is 1. The third-order valence-electron chi connectivity index (χ3n) is 2.45. The molecule has 1 aliphatic rings. The van der Waals surface area contributed by atoms with Crippen LogP contribution < -0.4 is 5.14 Å². The van der Waals surface area contributed by atoms with Crippen molar-refractivity contribution in [3.8, 4) is 0 Å². The molecule has 68 valence electrons. The van der Waals surface area contributed by atoms with E-state index in [-0.39, 0.29) is 0 Å². The number of allylic oxidation sites excluding steroid dienone is 3. The van der Waals surface area contributed by atoms with Crippen molar-refractivity contribution in [3.63, 3.8) is 0 Å². The van der Waals surface area contributed by atoms with E-state index in [4.69, 9.17) is 5.14 Å². The van der Waals surface area contributed by atoms with Gasteiger partial charge in [0, 0.05) is 0 Å². The van der Waals surface area contributed by atoms with E-state index in [1.807, 2.05) is 12.2 Å². The fraction of sp³-hybridized carbons (Fsp3) is 0.500. The number of primary sulfonamides is 1. The molecule has 1 unspecified atom stereocenters. The Labute approximate surface area is 73.0 Å². The van der Waals surface area contributed by atoms with Gasteiger partial charge in [-0.1, -0.05) is 23.8 Å². The first-order valence-electron chi connectivity index (χ1n) is 3.74. The van der Waals surface area contributed by atoms with Crippen molar-refractivity contribution in [2.24, 2.45) is 5.14 Å². The predicted molar refractivity (Wildman–Crippen MR) is 49.0 cm³/mol. The van der Waals surface area contributed by atoms with Gasteiger partial charge < -0.3 is 0 Å². The SMILES string of the molecule is CC1=CC=CCC1(C)S(N)(=O)=O. The fourth-order valence-corrected chi connectivity index (χ4v) is 2.03. The first-order chi connectivity index (χ1) is 5.38. The monoisotopic (exact) mass is 187 g/mol. The second kappa shape index (κ2) is 2.71. The zero-order chi connectivity index (χ0) is 9.41. The lowest BCUT2D eigenvalue weighted by molar-refractivity contribution is 0.556. The highest BCUT2D eigenvalue weighted by atomic mass is 32.2. The standard InChI is InChI=1S/C8H13NO2S/c1-7-5-3-4-6-8(7,2)12(9,10)11/h3-5H,6H2,1-2H3,(H2,9,10,11). The lowest BCUT2D eigenvalue weighted by Crippen LogP contribution is -2.42. The molecule has 0 saturated heterocycles. The number of hydrogen-bond donors (Lipinski definition) is 1. The van der Waals surface area contributed by atoms with Gasteiger partial charge in [-0.25, -0.2) is 13.6 Å². The minimum Gasteiger partial charge on any atom is -0.228 e. The van der Waals surface area contributed by atoms with Gasteiger partial charge in [-0.05, 0) is 20.3 Å². The van der Waals surface area contributed by atoms with Crippen LogP contribution in [0.2, 0.25) is 0 Å². The topological polar surface area (TPSA) is 60.2 Å². The van der Waals surface area contributed by atoms with Crippen LogP contribution in [0.1, 0.15) is 20.3 Å². The third-order valence-corrected chi connectivity index (χ3v) is 4.20. The van der Waals surface area contributed by atoms with E-state index in [9.17, 15) is 8.42 Å². The Bertz CT molecular complexity index is 340. The van der Waals surface area contributed by atoms with E-state index in [0.29, 0.717) is 6.42 Å². The maximum absolute atomic E-state index is 11.2. The van der Waals surface area contributed by atoms with Crippen molar-refractivity contribution in [2.75, 3.05) is 0 Å². The molecule has 12 heavy (non-hydrogen) atoms. The lowest BCUT2D eigenvalue weighted by atomic mass is 9.94. The molecule has 1 aliphatic carbocycles. The number of rotatable bonds is 1. The Morgan fingerprint density at radius 1 is 1.58 bits per heavy atom. The molecule has 0 spiro atoms. The summed E-state index contributed by atoms with van der Waals surface area (Å²) in [5.41, 5.74) is 0.799. The van der Waals surface area contributed by atoms with Crippen LogP contribution >= 0.6 is 0 Å². The molecule has 1 atom stereocenters. The van der Waals surface area contributed by atoms with Gasteiger partial charge in [0.2, 0.25) is 10.0 Å². The van der Waals surface area contributed by atoms with Crippen molar-refractivity contribution in [1.29, 1.82) is 0 Å². The summed E-state index contributed by atoms with van der Waals surface area (Å²) in [6, 6.07) is 0. The largest absolute Gasteiger partial charge is 0.228 e. The van der Waals surface area contributed by atoms with Crippen LogP contribution in [0.5, 0.6) is 0 Å². The zero-order valence-corrected chi connectivity index (χ0v) is 8.06. The van der Waals surface area contributed by atoms with E-state index in [1.165, 1.54) is 0 Å². The molecule has 0 aromatic carbocycles. The van der Waals surface area contributed by atoms with Crippen molar-refractivity contribution in [1.82, 2.24) is 0 Å². The van der Waals surface area contributed by atoms with Gasteiger partial charge in [-0.2, -0.15) is 0 Å². The summed E-state index contributed by atoms with van der Waals surface area (Å²) in [4.78, 5) is 0. The molecular formula is C8H13NO2S. The van der Waals surface area contributed by atoms with Crippen molar-refractivity contribution < 1.29 is 8.42 Å². The smallest absolute Gasteiger partial charge is 0.218 e. The highest BCUT2D eigenvalue weighted by Gasteiger charge is 2.37. The van der Waals surface area contributed by atoms with Crippen LogP contribution in [-0.4, -0.2) is 13.2 Å². The van der Waals surface area contributed by atoms with E-state index in [1.54, 1.807) is 19.9 Å². The first kappa shape index (κ1) is 9.48. The Morgan fingerprint density at radius 3 is 2.50 bits per heavy atom. The molecule has 2 N–H and O–H groups in total. The minimum atomic E-state index is -3.49. The van der Waals surface area contributed by atoms with Crippen molar-refractivity contribution >= 4 is 10.0 Å². The van der Waals surface area contributed by atoms with Crippen molar-refractivity contribution in [3.05, 3.63) is 23.8 Å². The van der Waals surface area contributed by atoms with Gasteiger partial charge in [0.25, 0.3) is 0 Å². The first-order valence-corrected chi connectivity index (χ1v) is 5.29. The molecule has 0 fully saturated rings. The van der Waals surface area contributed by atoms with Crippen LogP contribution in [0.4, 0.5) is 0 Å². The maximum Gasteiger partial charge on any atom is 0.218 e. The molecule has 0 saturated carbocycles. The van der Waals surface area contributed by atoms with Gasteiger partial charge in [-0.15, -0.1) is 0 Å². The molecule has 0 bridgehead atoms. The molecule has 0 amide bonds. The molecule has 3 nitrogen and oxygen atoms in total. The Morgan fingerprint density at radius 2 is 2.17 bits per heavy atom. The van der Waals surface area contributed by atoms with E-state index < -0.39 is 14.8 Å². The number of nitrogens with two attached hydrogens (primary N) is 1. The normalized spacial score (nSPS) is 30.1. The minimum absolute atomic E-state index is 0.466. The summed E-state index contributed by atoms with van der Waals surface area (Å²) in [7, 11) is -3.49. The quantitative estimate of drug-likeness (QED) is 0.664. The summed E-state index contributed by atoms with van der Waals surface area (Å²) < 4.78 is 21.5. The van der Waals surface area contributed by atoms with Gasteiger partial charge in [0.05, 0.1) is 0 Å². The Kier molecular flexibility index (Phi) is 2.14. The van der Waals surface area contributed by atoms with E-state index in [0.717, 1.165) is 5.57 Å². The van der Waals surface area contributed by atoms with Crippen LogP contribution in [0.25, 0.3) is 0 Å². The van der Waals surface area contributed by atoms with E-state index in [2.05, 4.69) is 0 Å². The molecule has 0 aliphatic heterocycles. The van der Waals surface area contributed by atoms with Crippen LogP contribution in [-0.2, 0) is 10.0 Å². The van der Waals surface area contributed by atoms with Gasteiger partial charge >= 0.3 is 0 Å². The fourth-order valence-electron chi connectivity index (χ4n) is 1.18. The van der Waals surface area contributed by atoms with Crippen LogP contribution in [0, 0.1) is 0 Å². The van der Waals surface area contributed by atoms with E-state index >= 15 is 0 Å². The Balaban J connectivity index is 3.19. The highest BCUT2D eigenvalue weighted by Crippen LogP contribution is 2.30. The van der Waals surface area contributed by atoms with Gasteiger partial charge in [-0.3, -0.25) is 0 Å². The van der Waals surface area contributed by atoms with Gasteiger partial charge in [0.1, 0.15) is 4.75 Å². The number of hydrogen-bond acceptors (Lipinski definition) is 2. The molecule has 0 heterocycles. The molecule has 4 heteroatoms. The summed E-state index contributed by atoms with van der Waals surface area (Å²) in [6.45, 7) is 3.44. The second-order valence-electron chi connectivity index (χ2n) is 3.26. The van der Waals surface area contributed by atoms with Gasteiger partial charge in [0.15, 0.2) is 0 Å². The summed E-state index contributed by atoms with van der Waals surface area (Å²) in [5.74, 6) is 0. The summed E-state index contributed by atoms with van der Waals surface area (Å²) in [6.07, 6.45) is 5.92. The maximum atomic E-state index is 11.2. The van der Waals surface area contributed by atoms with Crippen molar-refractivity contribution in [2.45, 2.75) is 25.0 Å². The lowest BCUT2D eigenvalue weighted by Gasteiger charge is -2.28. The summed E-state index contributed by atoms with van der Waals surface area (Å²) >= 11 is 0. The second-order valence-corrected chi connectivity index (χ2v) is 5.25. The van der Waals surface area contributed by atoms with Crippen LogP contribution in [0.15, 0.2) is 23.8 Å². The molecular weight excluding hydrogens is 174 g/mol.